The van der Waals surface area contributed by atoms with Crippen LogP contribution in [0.25, 0.3) is 0 Å². The first-order chi connectivity index (χ1) is 15.0. The number of rotatable bonds is 5. The van der Waals surface area contributed by atoms with Gasteiger partial charge in [-0.3, -0.25) is 19.4 Å². The number of benzene rings is 2. The van der Waals surface area contributed by atoms with E-state index in [1.54, 1.807) is 12.1 Å². The van der Waals surface area contributed by atoms with E-state index in [2.05, 4.69) is 33.3 Å². The molecule has 1 saturated heterocycles. The van der Waals surface area contributed by atoms with Crippen LogP contribution in [0, 0.1) is 5.82 Å². The second-order valence-corrected chi connectivity index (χ2v) is 8.33. The van der Waals surface area contributed by atoms with Crippen LogP contribution in [0.2, 0.25) is 0 Å². The lowest BCUT2D eigenvalue weighted by Gasteiger charge is -2.39. The number of anilines is 1. The first-order valence-corrected chi connectivity index (χ1v) is 10.9. The molecule has 164 valence electrons. The average molecular weight is 425 g/mol. The van der Waals surface area contributed by atoms with E-state index in [1.165, 1.54) is 23.3 Å². The molecule has 2 heterocycles. The molecule has 0 aliphatic carbocycles. The van der Waals surface area contributed by atoms with Crippen LogP contribution in [0.4, 0.5) is 10.1 Å². The van der Waals surface area contributed by atoms with Crippen molar-refractivity contribution in [1.29, 1.82) is 0 Å². The van der Waals surface area contributed by atoms with Gasteiger partial charge in [-0.15, -0.1) is 0 Å². The number of hydrogen-bond acceptors (Lipinski definition) is 4. The molecule has 2 aromatic carbocycles. The Morgan fingerprint density at radius 2 is 1.74 bits per heavy atom. The summed E-state index contributed by atoms with van der Waals surface area (Å²) in [6.07, 6.45) is 0.906. The molecule has 0 radical (unpaired) electrons. The van der Waals surface area contributed by atoms with Crippen LogP contribution in [0.5, 0.6) is 0 Å². The van der Waals surface area contributed by atoms with E-state index in [9.17, 15) is 14.0 Å². The molecule has 1 atom stereocenters. The number of carbonyl (C=O) groups excluding carboxylic acids is 2. The van der Waals surface area contributed by atoms with Crippen molar-refractivity contribution in [3.05, 3.63) is 65.5 Å². The Morgan fingerprint density at radius 1 is 1.00 bits per heavy atom. The molecule has 31 heavy (non-hydrogen) atoms. The lowest BCUT2D eigenvalue weighted by molar-refractivity contribution is -0.138. The number of hydrogen-bond donors (Lipinski definition) is 1. The molecule has 2 aliphatic heterocycles. The molecule has 0 saturated carbocycles. The van der Waals surface area contributed by atoms with Crippen LogP contribution >= 0.6 is 0 Å². The number of nitrogens with zero attached hydrogens (tertiary/aromatic N) is 3. The Hall–Kier alpha value is -2.77. The minimum Gasteiger partial charge on any atom is -0.337 e. The predicted octanol–water partition coefficient (Wildman–Crippen LogP) is 2.36. The maximum absolute atomic E-state index is 13.3. The van der Waals surface area contributed by atoms with Gasteiger partial charge < -0.3 is 10.2 Å². The Labute approximate surface area is 182 Å². The molecule has 0 spiro atoms. The SMILES string of the molecule is C[C@@H](C(=O)N1CCc2ccccc2C1)N1CCN(CC(=O)Nc2cccc(F)c2)CC1. The summed E-state index contributed by atoms with van der Waals surface area (Å²) in [5.74, 6) is -0.357. The molecule has 4 rings (SSSR count). The van der Waals surface area contributed by atoms with Crippen LogP contribution in [0.1, 0.15) is 18.1 Å². The van der Waals surface area contributed by atoms with E-state index in [0.29, 0.717) is 12.2 Å². The lowest BCUT2D eigenvalue weighted by Crippen LogP contribution is -2.55. The molecule has 1 N–H and O–H groups in total. The summed E-state index contributed by atoms with van der Waals surface area (Å²) in [6.45, 7) is 6.61. The monoisotopic (exact) mass is 424 g/mol. The molecule has 0 bridgehead atoms. The van der Waals surface area contributed by atoms with Crippen molar-refractivity contribution in [2.24, 2.45) is 0 Å². The van der Waals surface area contributed by atoms with Crippen molar-refractivity contribution in [2.45, 2.75) is 25.9 Å². The molecule has 6 nitrogen and oxygen atoms in total. The number of fused-ring (bicyclic) bond motifs is 1. The van der Waals surface area contributed by atoms with Crippen molar-refractivity contribution >= 4 is 17.5 Å². The van der Waals surface area contributed by atoms with Gasteiger partial charge in [-0.1, -0.05) is 30.3 Å². The maximum atomic E-state index is 13.3. The Morgan fingerprint density at radius 3 is 2.48 bits per heavy atom. The van der Waals surface area contributed by atoms with Crippen molar-refractivity contribution in [3.8, 4) is 0 Å². The minimum absolute atomic E-state index is 0.157. The van der Waals surface area contributed by atoms with Gasteiger partial charge in [0.1, 0.15) is 5.82 Å². The van der Waals surface area contributed by atoms with Gasteiger partial charge in [-0.25, -0.2) is 4.39 Å². The normalized spacial score (nSPS) is 18.3. The fourth-order valence-corrected chi connectivity index (χ4v) is 4.38. The molecule has 2 aromatic rings. The third kappa shape index (κ3) is 5.29. The highest BCUT2D eigenvalue weighted by molar-refractivity contribution is 5.92. The largest absolute Gasteiger partial charge is 0.337 e. The van der Waals surface area contributed by atoms with Crippen molar-refractivity contribution in [3.63, 3.8) is 0 Å². The Bertz CT molecular complexity index is 943. The molecule has 7 heteroatoms. The number of amides is 2. The average Bonchev–Trinajstić information content (AvgIpc) is 2.78. The maximum Gasteiger partial charge on any atom is 0.239 e. The third-order valence-corrected chi connectivity index (χ3v) is 6.23. The zero-order chi connectivity index (χ0) is 21.8. The van der Waals surface area contributed by atoms with Crippen LogP contribution in [-0.2, 0) is 22.6 Å². The number of piperazine rings is 1. The first-order valence-electron chi connectivity index (χ1n) is 10.9. The van der Waals surface area contributed by atoms with Crippen molar-refractivity contribution in [2.75, 3.05) is 44.6 Å². The second kappa shape index (κ2) is 9.58. The van der Waals surface area contributed by atoms with Gasteiger partial charge in [0.2, 0.25) is 11.8 Å². The number of halogens is 1. The van der Waals surface area contributed by atoms with Crippen LogP contribution in [-0.4, -0.2) is 71.8 Å². The molecular formula is C24H29FN4O2. The van der Waals surface area contributed by atoms with Crippen LogP contribution < -0.4 is 5.32 Å². The topological polar surface area (TPSA) is 55.9 Å². The first kappa shape index (κ1) is 21.5. The van der Waals surface area contributed by atoms with Gasteiger partial charge in [0.05, 0.1) is 12.6 Å². The molecule has 2 amide bonds. The van der Waals surface area contributed by atoms with Crippen LogP contribution in [0.15, 0.2) is 48.5 Å². The van der Waals surface area contributed by atoms with E-state index >= 15 is 0 Å². The van der Waals surface area contributed by atoms with Gasteiger partial charge >= 0.3 is 0 Å². The summed E-state index contributed by atoms with van der Waals surface area (Å²) < 4.78 is 13.3. The molecular weight excluding hydrogens is 395 g/mol. The number of nitrogens with one attached hydrogen (secondary N) is 1. The highest BCUT2D eigenvalue weighted by Crippen LogP contribution is 2.20. The highest BCUT2D eigenvalue weighted by Gasteiger charge is 2.30. The second-order valence-electron chi connectivity index (χ2n) is 8.33. The third-order valence-electron chi connectivity index (χ3n) is 6.23. The zero-order valence-corrected chi connectivity index (χ0v) is 17.9. The van der Waals surface area contributed by atoms with E-state index in [-0.39, 0.29) is 30.2 Å². The molecule has 0 aromatic heterocycles. The lowest BCUT2D eigenvalue weighted by atomic mass is 9.99. The van der Waals surface area contributed by atoms with Crippen molar-refractivity contribution in [1.82, 2.24) is 14.7 Å². The molecule has 2 aliphatic rings. The van der Waals surface area contributed by atoms with Gasteiger partial charge in [0.15, 0.2) is 0 Å². The molecule has 1 fully saturated rings. The fraction of sp³-hybridized carbons (Fsp3) is 0.417. The summed E-state index contributed by atoms with van der Waals surface area (Å²) in [6, 6.07) is 14.1. The summed E-state index contributed by atoms with van der Waals surface area (Å²) in [7, 11) is 0. The van der Waals surface area contributed by atoms with Gasteiger partial charge in [-0.05, 0) is 42.7 Å². The van der Waals surface area contributed by atoms with Gasteiger partial charge in [0, 0.05) is 45.0 Å². The van der Waals surface area contributed by atoms with E-state index in [0.717, 1.165) is 39.1 Å². The zero-order valence-electron chi connectivity index (χ0n) is 17.9. The smallest absolute Gasteiger partial charge is 0.239 e. The van der Waals surface area contributed by atoms with Gasteiger partial charge in [0.25, 0.3) is 0 Å². The van der Waals surface area contributed by atoms with E-state index in [4.69, 9.17) is 0 Å². The summed E-state index contributed by atoms with van der Waals surface area (Å²) in [5.41, 5.74) is 3.04. The number of carbonyl (C=O) groups is 2. The Kier molecular flexibility index (Phi) is 6.63. The predicted molar refractivity (Wildman–Crippen MR) is 118 cm³/mol. The fourth-order valence-electron chi connectivity index (χ4n) is 4.38. The van der Waals surface area contributed by atoms with Crippen LogP contribution in [0.3, 0.4) is 0 Å². The Balaban J connectivity index is 1.24. The molecule has 0 unspecified atom stereocenters. The summed E-state index contributed by atoms with van der Waals surface area (Å²) >= 11 is 0. The van der Waals surface area contributed by atoms with E-state index < -0.39 is 0 Å². The van der Waals surface area contributed by atoms with E-state index in [1.807, 2.05) is 17.9 Å². The quantitative estimate of drug-likeness (QED) is 0.801. The van der Waals surface area contributed by atoms with Crippen molar-refractivity contribution < 1.29 is 14.0 Å². The van der Waals surface area contributed by atoms with Gasteiger partial charge in [-0.2, -0.15) is 0 Å². The summed E-state index contributed by atoms with van der Waals surface area (Å²) in [5, 5.41) is 2.74. The minimum atomic E-state index is -0.373. The highest BCUT2D eigenvalue weighted by atomic mass is 19.1. The summed E-state index contributed by atoms with van der Waals surface area (Å²) in [4.78, 5) is 31.6. The standard InChI is InChI=1S/C24H29FN4O2/c1-18(24(31)29-10-9-19-5-2-3-6-20(19)16-29)28-13-11-27(12-14-28)17-23(30)26-22-8-4-7-21(25)15-22/h2-8,15,18H,9-14,16-17H2,1H3,(H,26,30)/t18-/m0/s1.